The van der Waals surface area contributed by atoms with Gasteiger partial charge in [0.2, 0.25) is 0 Å². The first-order valence-corrected chi connectivity index (χ1v) is 6.87. The Morgan fingerprint density at radius 2 is 2.00 bits per heavy atom. The standard InChI is InChI=1S/C18H12FNO2/c19-14-6-7-15(13(8-14)10-20)16-3-1-2-11-4-5-12(18(21)22)9-17(11)16/h3-9H,1-2H2,(H,21,22). The normalized spacial score (nSPS) is 13.0. The Morgan fingerprint density at radius 1 is 1.18 bits per heavy atom. The minimum Gasteiger partial charge on any atom is -0.478 e. The fourth-order valence-corrected chi connectivity index (χ4v) is 2.76. The van der Waals surface area contributed by atoms with Gasteiger partial charge in [0.05, 0.1) is 17.2 Å². The average molecular weight is 293 g/mol. The minimum atomic E-state index is -0.993. The molecule has 0 amide bonds. The number of carboxylic acids is 1. The molecule has 0 fully saturated rings. The summed E-state index contributed by atoms with van der Waals surface area (Å²) in [5.41, 5.74) is 3.71. The third-order valence-corrected chi connectivity index (χ3v) is 3.80. The van der Waals surface area contributed by atoms with E-state index in [1.165, 1.54) is 12.1 Å². The highest BCUT2D eigenvalue weighted by Gasteiger charge is 2.19. The number of carbonyl (C=O) groups is 1. The Balaban J connectivity index is 2.19. The lowest BCUT2D eigenvalue weighted by atomic mass is 9.84. The van der Waals surface area contributed by atoms with E-state index in [1.807, 2.05) is 12.1 Å². The van der Waals surface area contributed by atoms with Crippen LogP contribution in [0.25, 0.3) is 5.57 Å². The van der Waals surface area contributed by atoms with E-state index < -0.39 is 11.8 Å². The summed E-state index contributed by atoms with van der Waals surface area (Å²) >= 11 is 0. The Morgan fingerprint density at radius 3 is 2.73 bits per heavy atom. The van der Waals surface area contributed by atoms with Crippen molar-refractivity contribution in [3.05, 3.63) is 76.1 Å². The maximum atomic E-state index is 13.3. The maximum absolute atomic E-state index is 13.3. The molecule has 0 aromatic heterocycles. The number of fused-ring (bicyclic) bond motifs is 1. The number of nitrogens with zero attached hydrogens (tertiary/aromatic N) is 1. The third kappa shape index (κ3) is 2.38. The molecular formula is C18H12FNO2. The van der Waals surface area contributed by atoms with Gasteiger partial charge in [-0.25, -0.2) is 9.18 Å². The zero-order chi connectivity index (χ0) is 15.7. The van der Waals surface area contributed by atoms with E-state index in [0.717, 1.165) is 29.5 Å². The number of benzene rings is 2. The van der Waals surface area contributed by atoms with Crippen molar-refractivity contribution in [1.29, 1.82) is 5.26 Å². The quantitative estimate of drug-likeness (QED) is 0.916. The second-order valence-electron chi connectivity index (χ2n) is 5.14. The number of hydrogen-bond donors (Lipinski definition) is 1. The number of aromatic carboxylic acids is 1. The van der Waals surface area contributed by atoms with Gasteiger partial charge in [-0.15, -0.1) is 0 Å². The fraction of sp³-hybridized carbons (Fsp3) is 0.111. The summed E-state index contributed by atoms with van der Waals surface area (Å²) in [5, 5.41) is 18.4. The van der Waals surface area contributed by atoms with Gasteiger partial charge in [-0.1, -0.05) is 18.2 Å². The van der Waals surface area contributed by atoms with E-state index in [-0.39, 0.29) is 11.1 Å². The van der Waals surface area contributed by atoms with Gasteiger partial charge in [-0.3, -0.25) is 0 Å². The lowest BCUT2D eigenvalue weighted by Crippen LogP contribution is -2.06. The van der Waals surface area contributed by atoms with Gasteiger partial charge in [0.15, 0.2) is 0 Å². The third-order valence-electron chi connectivity index (χ3n) is 3.80. The highest BCUT2D eigenvalue weighted by atomic mass is 19.1. The molecule has 1 N–H and O–H groups in total. The predicted molar refractivity (Wildman–Crippen MR) is 79.9 cm³/mol. The topological polar surface area (TPSA) is 61.1 Å². The first-order chi connectivity index (χ1) is 10.6. The number of carboxylic acid groups (broad SMARTS) is 1. The molecule has 0 aliphatic heterocycles. The summed E-state index contributed by atoms with van der Waals surface area (Å²) in [6, 6.07) is 11.1. The molecule has 0 bridgehead atoms. The van der Waals surface area contributed by atoms with Crippen LogP contribution in [0, 0.1) is 17.1 Å². The number of halogens is 1. The predicted octanol–water partition coefficient (Wildman–Crippen LogP) is 3.77. The molecule has 0 spiro atoms. The van der Waals surface area contributed by atoms with Crippen LogP contribution < -0.4 is 0 Å². The molecule has 1 aliphatic rings. The highest BCUT2D eigenvalue weighted by molar-refractivity contribution is 5.92. The van der Waals surface area contributed by atoms with Gasteiger partial charge in [0.25, 0.3) is 0 Å². The Kier molecular flexibility index (Phi) is 3.48. The zero-order valence-electron chi connectivity index (χ0n) is 11.6. The average Bonchev–Trinajstić information content (AvgIpc) is 2.53. The van der Waals surface area contributed by atoms with E-state index in [4.69, 9.17) is 5.11 Å². The molecule has 3 rings (SSSR count). The van der Waals surface area contributed by atoms with Crippen LogP contribution in [0.1, 0.15) is 39.0 Å². The molecule has 0 heterocycles. The van der Waals surface area contributed by atoms with E-state index in [9.17, 15) is 14.4 Å². The number of rotatable bonds is 2. The van der Waals surface area contributed by atoms with Crippen molar-refractivity contribution in [3.8, 4) is 6.07 Å². The fourth-order valence-electron chi connectivity index (χ4n) is 2.76. The number of nitriles is 1. The van der Waals surface area contributed by atoms with Gasteiger partial charge >= 0.3 is 5.97 Å². The van der Waals surface area contributed by atoms with Crippen LogP contribution in [0.3, 0.4) is 0 Å². The van der Waals surface area contributed by atoms with Gasteiger partial charge in [-0.05, 0) is 59.4 Å². The van der Waals surface area contributed by atoms with Crippen molar-refractivity contribution in [2.24, 2.45) is 0 Å². The zero-order valence-corrected chi connectivity index (χ0v) is 11.6. The molecule has 108 valence electrons. The van der Waals surface area contributed by atoms with E-state index in [1.54, 1.807) is 24.3 Å². The number of aryl methyl sites for hydroxylation is 1. The van der Waals surface area contributed by atoms with Crippen LogP contribution in [0.15, 0.2) is 42.5 Å². The first-order valence-electron chi connectivity index (χ1n) is 6.87. The lowest BCUT2D eigenvalue weighted by Gasteiger charge is -2.19. The van der Waals surface area contributed by atoms with E-state index in [2.05, 4.69) is 0 Å². The molecule has 0 atom stereocenters. The second-order valence-corrected chi connectivity index (χ2v) is 5.14. The molecule has 2 aromatic rings. The van der Waals surface area contributed by atoms with Crippen molar-refractivity contribution in [1.82, 2.24) is 0 Å². The molecule has 0 saturated heterocycles. The van der Waals surface area contributed by atoms with E-state index in [0.29, 0.717) is 5.56 Å². The molecule has 2 aromatic carbocycles. The molecule has 3 nitrogen and oxygen atoms in total. The molecule has 0 saturated carbocycles. The summed E-state index contributed by atoms with van der Waals surface area (Å²) in [6.45, 7) is 0. The molecule has 4 heteroatoms. The Bertz CT molecular complexity index is 847. The van der Waals surface area contributed by atoms with Crippen molar-refractivity contribution >= 4 is 11.5 Å². The highest BCUT2D eigenvalue weighted by Crippen LogP contribution is 2.34. The Labute approximate surface area is 126 Å². The van der Waals surface area contributed by atoms with Gasteiger partial charge in [0, 0.05) is 0 Å². The van der Waals surface area contributed by atoms with Gasteiger partial charge in [0.1, 0.15) is 5.82 Å². The maximum Gasteiger partial charge on any atom is 0.335 e. The van der Waals surface area contributed by atoms with Crippen molar-refractivity contribution in [2.45, 2.75) is 12.8 Å². The van der Waals surface area contributed by atoms with Crippen molar-refractivity contribution in [2.75, 3.05) is 0 Å². The summed E-state index contributed by atoms with van der Waals surface area (Å²) in [4.78, 5) is 11.2. The molecular weight excluding hydrogens is 281 g/mol. The van der Waals surface area contributed by atoms with Crippen LogP contribution in [0.4, 0.5) is 4.39 Å². The van der Waals surface area contributed by atoms with Gasteiger partial charge in [-0.2, -0.15) is 5.26 Å². The van der Waals surface area contributed by atoms with Gasteiger partial charge < -0.3 is 5.11 Å². The van der Waals surface area contributed by atoms with Crippen molar-refractivity contribution < 1.29 is 14.3 Å². The largest absolute Gasteiger partial charge is 0.478 e. The van der Waals surface area contributed by atoms with Crippen molar-refractivity contribution in [3.63, 3.8) is 0 Å². The summed E-state index contributed by atoms with van der Waals surface area (Å²) in [7, 11) is 0. The SMILES string of the molecule is N#Cc1cc(F)ccc1C1=CCCc2ccc(C(=O)O)cc21. The molecule has 0 unspecified atom stereocenters. The van der Waals surface area contributed by atoms with Crippen LogP contribution in [-0.2, 0) is 6.42 Å². The second kappa shape index (κ2) is 5.45. The minimum absolute atomic E-state index is 0.201. The van der Waals surface area contributed by atoms with Crippen LogP contribution in [-0.4, -0.2) is 11.1 Å². The smallest absolute Gasteiger partial charge is 0.335 e. The molecule has 22 heavy (non-hydrogen) atoms. The number of hydrogen-bond acceptors (Lipinski definition) is 2. The monoisotopic (exact) mass is 293 g/mol. The first kappa shape index (κ1) is 14.0. The summed E-state index contributed by atoms with van der Waals surface area (Å²) in [5.74, 6) is -1.46. The lowest BCUT2D eigenvalue weighted by molar-refractivity contribution is 0.0697. The van der Waals surface area contributed by atoms with Crippen LogP contribution in [0.5, 0.6) is 0 Å². The molecule has 1 aliphatic carbocycles. The number of allylic oxidation sites excluding steroid dienone is 1. The Hall–Kier alpha value is -2.93. The van der Waals surface area contributed by atoms with Crippen LogP contribution >= 0.6 is 0 Å². The summed E-state index contributed by atoms with van der Waals surface area (Å²) in [6.07, 6.45) is 3.60. The van der Waals surface area contributed by atoms with Crippen LogP contribution in [0.2, 0.25) is 0 Å². The van der Waals surface area contributed by atoms with E-state index >= 15 is 0 Å². The molecule has 0 radical (unpaired) electrons. The summed E-state index contributed by atoms with van der Waals surface area (Å²) < 4.78 is 13.3.